The van der Waals surface area contributed by atoms with Crippen LogP contribution in [0.15, 0.2) is 0 Å². The molecule has 2 unspecified atom stereocenters. The third kappa shape index (κ3) is 2.70. The van der Waals surface area contributed by atoms with Crippen molar-refractivity contribution in [1.82, 2.24) is 9.97 Å². The Kier molecular flexibility index (Phi) is 4.04. The number of aromatic nitrogens is 2. The number of rotatable bonds is 4. The third-order valence-corrected chi connectivity index (χ3v) is 6.12. The quantitative estimate of drug-likeness (QED) is 0.884. The van der Waals surface area contributed by atoms with Gasteiger partial charge >= 0.3 is 5.97 Å². The Balaban J connectivity index is 1.68. The summed E-state index contributed by atoms with van der Waals surface area (Å²) in [5.74, 6) is -3.20. The topological polar surface area (TPSA) is 69.6 Å². The van der Waals surface area contributed by atoms with Crippen LogP contribution in [0.5, 0.6) is 0 Å². The number of carboxylic acid groups (broad SMARTS) is 1. The predicted molar refractivity (Wildman–Crippen MR) is 92.8 cm³/mol. The Labute approximate surface area is 151 Å². The Hall–Kier alpha value is -1.99. The number of anilines is 2. The van der Waals surface area contributed by atoms with E-state index in [1.807, 2.05) is 16.7 Å². The summed E-state index contributed by atoms with van der Waals surface area (Å²) in [6.07, 6.45) is 1.79. The number of fused-ring (bicyclic) bond motifs is 1. The van der Waals surface area contributed by atoms with E-state index in [9.17, 15) is 18.7 Å². The van der Waals surface area contributed by atoms with Crippen molar-refractivity contribution in [1.29, 1.82) is 0 Å². The standard InChI is InChI=1S/C18H24F2N4O2/c1-10-5-7-24(10)17-21-14-13(4-3-6-18(14,19)20)15(22-17)23-8-12(9-23)11(2)16(25)26/h10-12H,3-9H2,1-2H3,(H,25,26). The lowest BCUT2D eigenvalue weighted by atomic mass is 9.85. The lowest BCUT2D eigenvalue weighted by Gasteiger charge is -2.45. The highest BCUT2D eigenvalue weighted by molar-refractivity contribution is 5.71. The molecule has 2 fully saturated rings. The van der Waals surface area contributed by atoms with Crippen LogP contribution in [0.2, 0.25) is 0 Å². The normalized spacial score (nSPS) is 25.9. The lowest BCUT2D eigenvalue weighted by Crippen LogP contribution is -2.52. The summed E-state index contributed by atoms with van der Waals surface area (Å²) in [4.78, 5) is 24.0. The van der Waals surface area contributed by atoms with Crippen molar-refractivity contribution in [3.63, 3.8) is 0 Å². The van der Waals surface area contributed by atoms with Crippen molar-refractivity contribution in [3.05, 3.63) is 11.3 Å². The third-order valence-electron chi connectivity index (χ3n) is 6.12. The smallest absolute Gasteiger partial charge is 0.306 e. The van der Waals surface area contributed by atoms with Gasteiger partial charge in [0.05, 0.1) is 5.92 Å². The van der Waals surface area contributed by atoms with Gasteiger partial charge in [0, 0.05) is 43.6 Å². The van der Waals surface area contributed by atoms with Crippen LogP contribution in [0.1, 0.15) is 44.4 Å². The van der Waals surface area contributed by atoms with Gasteiger partial charge in [-0.15, -0.1) is 0 Å². The molecule has 1 aliphatic carbocycles. The number of alkyl halides is 2. The van der Waals surface area contributed by atoms with Gasteiger partial charge in [-0.2, -0.15) is 13.8 Å². The first-order chi connectivity index (χ1) is 12.3. The largest absolute Gasteiger partial charge is 0.481 e. The highest BCUT2D eigenvalue weighted by Gasteiger charge is 2.44. The van der Waals surface area contributed by atoms with E-state index >= 15 is 0 Å². The minimum atomic E-state index is -2.92. The summed E-state index contributed by atoms with van der Waals surface area (Å²) < 4.78 is 29.1. The van der Waals surface area contributed by atoms with Gasteiger partial charge in [-0.1, -0.05) is 6.92 Å². The van der Waals surface area contributed by atoms with Crippen LogP contribution in [0.25, 0.3) is 0 Å². The number of halogens is 2. The van der Waals surface area contributed by atoms with Crippen LogP contribution in [-0.4, -0.2) is 46.7 Å². The molecule has 4 rings (SSSR count). The predicted octanol–water partition coefficient (Wildman–Crippen LogP) is 2.66. The second kappa shape index (κ2) is 6.03. The molecule has 142 valence electrons. The molecule has 6 nitrogen and oxygen atoms in total. The fraction of sp³-hybridized carbons (Fsp3) is 0.722. The minimum Gasteiger partial charge on any atom is -0.481 e. The molecule has 0 saturated carbocycles. The first-order valence-electron chi connectivity index (χ1n) is 9.31. The number of carbonyl (C=O) groups is 1. The summed E-state index contributed by atoms with van der Waals surface area (Å²) in [6.45, 7) is 5.60. The second-order valence-corrected chi connectivity index (χ2v) is 7.86. The van der Waals surface area contributed by atoms with Gasteiger partial charge in [0.25, 0.3) is 5.92 Å². The summed E-state index contributed by atoms with van der Waals surface area (Å²) in [5.41, 5.74) is 0.414. The molecule has 2 atom stereocenters. The lowest BCUT2D eigenvalue weighted by molar-refractivity contribution is -0.143. The van der Waals surface area contributed by atoms with Crippen molar-refractivity contribution < 1.29 is 18.7 Å². The molecule has 0 spiro atoms. The molecule has 0 bridgehead atoms. The van der Waals surface area contributed by atoms with E-state index in [0.717, 1.165) is 13.0 Å². The first kappa shape index (κ1) is 17.4. The zero-order valence-corrected chi connectivity index (χ0v) is 15.1. The number of carboxylic acids is 1. The fourth-order valence-electron chi connectivity index (χ4n) is 4.01. The van der Waals surface area contributed by atoms with Crippen molar-refractivity contribution in [3.8, 4) is 0 Å². The van der Waals surface area contributed by atoms with Crippen molar-refractivity contribution in [2.24, 2.45) is 11.8 Å². The number of nitrogens with zero attached hydrogens (tertiary/aromatic N) is 4. The molecule has 8 heteroatoms. The maximum absolute atomic E-state index is 14.5. The van der Waals surface area contributed by atoms with Gasteiger partial charge in [0.1, 0.15) is 11.5 Å². The zero-order chi connectivity index (χ0) is 18.6. The average molecular weight is 366 g/mol. The van der Waals surface area contributed by atoms with E-state index in [2.05, 4.69) is 9.97 Å². The molecular formula is C18H24F2N4O2. The van der Waals surface area contributed by atoms with Gasteiger partial charge in [0.2, 0.25) is 5.95 Å². The fourth-order valence-corrected chi connectivity index (χ4v) is 4.01. The molecule has 1 N–H and O–H groups in total. The molecule has 0 amide bonds. The van der Waals surface area contributed by atoms with E-state index in [4.69, 9.17) is 0 Å². The van der Waals surface area contributed by atoms with Crippen molar-refractivity contribution >= 4 is 17.7 Å². The molecular weight excluding hydrogens is 342 g/mol. The maximum atomic E-state index is 14.5. The number of hydrogen-bond acceptors (Lipinski definition) is 5. The van der Waals surface area contributed by atoms with Crippen LogP contribution < -0.4 is 9.80 Å². The molecule has 2 aliphatic heterocycles. The van der Waals surface area contributed by atoms with Crippen LogP contribution in [0, 0.1) is 11.8 Å². The Bertz CT molecular complexity index is 736. The first-order valence-corrected chi connectivity index (χ1v) is 9.31. The van der Waals surface area contributed by atoms with Crippen LogP contribution >= 0.6 is 0 Å². The molecule has 3 aliphatic rings. The van der Waals surface area contributed by atoms with Gasteiger partial charge in [-0.05, 0) is 26.2 Å². The summed E-state index contributed by atoms with van der Waals surface area (Å²) >= 11 is 0. The second-order valence-electron chi connectivity index (χ2n) is 7.86. The van der Waals surface area contributed by atoms with Gasteiger partial charge in [-0.25, -0.2) is 4.98 Å². The van der Waals surface area contributed by atoms with Crippen LogP contribution in [-0.2, 0) is 17.1 Å². The van der Waals surface area contributed by atoms with Gasteiger partial charge in [-0.3, -0.25) is 4.79 Å². The van der Waals surface area contributed by atoms with E-state index < -0.39 is 17.8 Å². The number of aliphatic carboxylic acids is 1. The molecule has 3 heterocycles. The van der Waals surface area contributed by atoms with Crippen LogP contribution in [0.3, 0.4) is 0 Å². The monoisotopic (exact) mass is 366 g/mol. The Morgan fingerprint density at radius 3 is 2.65 bits per heavy atom. The molecule has 0 radical (unpaired) electrons. The molecule has 1 aromatic rings. The molecule has 2 saturated heterocycles. The van der Waals surface area contributed by atoms with E-state index in [1.54, 1.807) is 6.92 Å². The van der Waals surface area contributed by atoms with Crippen molar-refractivity contribution in [2.75, 3.05) is 29.4 Å². The minimum absolute atomic E-state index is 0.0219. The maximum Gasteiger partial charge on any atom is 0.306 e. The highest BCUT2D eigenvalue weighted by atomic mass is 19.3. The zero-order valence-electron chi connectivity index (χ0n) is 15.1. The average Bonchev–Trinajstić information content (AvgIpc) is 2.52. The van der Waals surface area contributed by atoms with Crippen LogP contribution in [0.4, 0.5) is 20.5 Å². The molecule has 0 aromatic carbocycles. The Morgan fingerprint density at radius 1 is 1.35 bits per heavy atom. The van der Waals surface area contributed by atoms with E-state index in [0.29, 0.717) is 43.3 Å². The summed E-state index contributed by atoms with van der Waals surface area (Å²) in [5, 5.41) is 9.17. The summed E-state index contributed by atoms with van der Waals surface area (Å²) in [6, 6.07) is 0.259. The van der Waals surface area contributed by atoms with E-state index in [1.165, 1.54) is 0 Å². The molecule has 26 heavy (non-hydrogen) atoms. The number of hydrogen-bond donors (Lipinski definition) is 1. The van der Waals surface area contributed by atoms with Gasteiger partial charge in [0.15, 0.2) is 0 Å². The van der Waals surface area contributed by atoms with Gasteiger partial charge < -0.3 is 14.9 Å². The summed E-state index contributed by atoms with van der Waals surface area (Å²) in [7, 11) is 0. The highest BCUT2D eigenvalue weighted by Crippen LogP contribution is 2.44. The van der Waals surface area contributed by atoms with Crippen molar-refractivity contribution in [2.45, 2.75) is 51.5 Å². The Morgan fingerprint density at radius 2 is 2.08 bits per heavy atom. The SMILES string of the molecule is CC(C(=O)O)C1CN(c2nc(N3CCC3C)nc3c2CCCC3(F)F)C1. The van der Waals surface area contributed by atoms with E-state index in [-0.39, 0.29) is 24.1 Å². The molecule has 1 aromatic heterocycles.